The number of ether oxygens (including phenoxy) is 2. The summed E-state index contributed by atoms with van der Waals surface area (Å²) in [6.07, 6.45) is 4.45. The number of nitrogens with zero attached hydrogens (tertiary/aromatic N) is 3. The summed E-state index contributed by atoms with van der Waals surface area (Å²) in [5.74, 6) is -1.07. The van der Waals surface area contributed by atoms with Gasteiger partial charge >= 0.3 is 5.97 Å². The zero-order valence-electron chi connectivity index (χ0n) is 11.0. The van der Waals surface area contributed by atoms with Crippen molar-refractivity contribution in [2.24, 2.45) is 0 Å². The van der Waals surface area contributed by atoms with Gasteiger partial charge in [0.25, 0.3) is 0 Å². The summed E-state index contributed by atoms with van der Waals surface area (Å²) in [4.78, 5) is 11.0. The van der Waals surface area contributed by atoms with Gasteiger partial charge in [-0.05, 0) is 25.7 Å². The fourth-order valence-corrected chi connectivity index (χ4v) is 2.30. The number of carboxylic acids is 1. The number of carbonyl (C=O) groups is 1. The Labute approximate surface area is 111 Å². The van der Waals surface area contributed by atoms with E-state index in [-0.39, 0.29) is 12.3 Å². The lowest BCUT2D eigenvalue weighted by atomic mass is 10.1. The lowest BCUT2D eigenvalue weighted by molar-refractivity contribution is 0.0684. The molecule has 0 aliphatic carbocycles. The van der Waals surface area contributed by atoms with Gasteiger partial charge < -0.3 is 14.6 Å². The zero-order valence-corrected chi connectivity index (χ0v) is 11.0. The summed E-state index contributed by atoms with van der Waals surface area (Å²) in [6.45, 7) is 1.69. The number of hydrogen-bond acceptors (Lipinski definition) is 5. The van der Waals surface area contributed by atoms with E-state index in [0.717, 1.165) is 32.3 Å². The highest BCUT2D eigenvalue weighted by Crippen LogP contribution is 2.17. The third-order valence-corrected chi connectivity index (χ3v) is 3.24. The number of aromatic carboxylic acids is 1. The predicted molar refractivity (Wildman–Crippen MR) is 65.9 cm³/mol. The van der Waals surface area contributed by atoms with Gasteiger partial charge in [0.1, 0.15) is 0 Å². The smallest absolute Gasteiger partial charge is 0.358 e. The molecule has 0 aromatic carbocycles. The van der Waals surface area contributed by atoms with E-state index in [1.165, 1.54) is 7.11 Å². The van der Waals surface area contributed by atoms with Crippen LogP contribution in [0.5, 0.6) is 0 Å². The van der Waals surface area contributed by atoms with Gasteiger partial charge in [-0.3, -0.25) is 0 Å². The van der Waals surface area contributed by atoms with Crippen molar-refractivity contribution in [2.75, 3.05) is 13.7 Å². The molecule has 0 saturated carbocycles. The van der Waals surface area contributed by atoms with Crippen LogP contribution in [0.25, 0.3) is 0 Å². The fraction of sp³-hybridized carbons (Fsp3) is 0.750. The number of aromatic nitrogens is 3. The fourth-order valence-electron chi connectivity index (χ4n) is 2.30. The van der Waals surface area contributed by atoms with Gasteiger partial charge in [0, 0.05) is 20.3 Å². The number of hydrogen-bond donors (Lipinski definition) is 1. The van der Waals surface area contributed by atoms with E-state index < -0.39 is 5.97 Å². The molecular weight excluding hydrogens is 250 g/mol. The second-order valence-electron chi connectivity index (χ2n) is 4.62. The van der Waals surface area contributed by atoms with Gasteiger partial charge in [0.05, 0.1) is 18.4 Å². The molecule has 1 fully saturated rings. The maximum absolute atomic E-state index is 11.0. The molecule has 0 bridgehead atoms. The van der Waals surface area contributed by atoms with Gasteiger partial charge in [-0.2, -0.15) is 0 Å². The van der Waals surface area contributed by atoms with Crippen LogP contribution in [0, 0.1) is 0 Å². The quantitative estimate of drug-likeness (QED) is 0.797. The van der Waals surface area contributed by atoms with Crippen molar-refractivity contribution >= 4 is 5.97 Å². The van der Waals surface area contributed by atoms with Gasteiger partial charge in [-0.1, -0.05) is 5.21 Å². The molecule has 1 unspecified atom stereocenters. The highest BCUT2D eigenvalue weighted by Gasteiger charge is 2.19. The first-order valence-electron chi connectivity index (χ1n) is 6.48. The third-order valence-electron chi connectivity index (χ3n) is 3.24. The second kappa shape index (κ2) is 6.63. The van der Waals surface area contributed by atoms with Crippen molar-refractivity contribution in [3.63, 3.8) is 0 Å². The van der Waals surface area contributed by atoms with Crippen molar-refractivity contribution < 1.29 is 19.4 Å². The van der Waals surface area contributed by atoms with E-state index in [4.69, 9.17) is 14.6 Å². The Hall–Kier alpha value is -1.47. The first kappa shape index (κ1) is 14.0. The third kappa shape index (κ3) is 3.51. The monoisotopic (exact) mass is 269 g/mol. The molecule has 0 amide bonds. The summed E-state index contributed by atoms with van der Waals surface area (Å²) >= 11 is 0. The molecule has 1 aromatic rings. The van der Waals surface area contributed by atoms with Crippen molar-refractivity contribution in [1.82, 2.24) is 15.0 Å². The normalized spacial score (nSPS) is 18.9. The van der Waals surface area contributed by atoms with Crippen molar-refractivity contribution in [1.29, 1.82) is 0 Å². The second-order valence-corrected chi connectivity index (χ2v) is 4.62. The first-order valence-corrected chi connectivity index (χ1v) is 6.48. The first-order chi connectivity index (χ1) is 9.22. The molecule has 19 heavy (non-hydrogen) atoms. The Bertz CT molecular complexity index is 427. The Morgan fingerprint density at radius 2 is 2.47 bits per heavy atom. The Morgan fingerprint density at radius 1 is 1.63 bits per heavy atom. The summed E-state index contributed by atoms with van der Waals surface area (Å²) < 4.78 is 12.2. The summed E-state index contributed by atoms with van der Waals surface area (Å²) in [6, 6.07) is 0. The van der Waals surface area contributed by atoms with E-state index in [1.54, 1.807) is 4.68 Å². The summed E-state index contributed by atoms with van der Waals surface area (Å²) in [5.41, 5.74) is 0.487. The van der Waals surface area contributed by atoms with Crippen molar-refractivity contribution in [3.05, 3.63) is 11.4 Å². The van der Waals surface area contributed by atoms with Gasteiger partial charge in [0.15, 0.2) is 5.69 Å². The Balaban J connectivity index is 1.92. The molecule has 7 nitrogen and oxygen atoms in total. The molecule has 7 heteroatoms. The van der Waals surface area contributed by atoms with Crippen LogP contribution in [0.4, 0.5) is 0 Å². The topological polar surface area (TPSA) is 86.5 Å². The Morgan fingerprint density at radius 3 is 3.11 bits per heavy atom. The van der Waals surface area contributed by atoms with Crippen LogP contribution in [0.2, 0.25) is 0 Å². The molecule has 1 aromatic heterocycles. The number of rotatable bonds is 7. The SMILES string of the molecule is COCc1c(C(=O)O)nnn1CCCC1CCCO1. The maximum Gasteiger partial charge on any atom is 0.358 e. The predicted octanol–water partition coefficient (Wildman–Crippen LogP) is 1.08. The van der Waals surface area contributed by atoms with Gasteiger partial charge in [-0.25, -0.2) is 9.48 Å². The molecule has 2 rings (SSSR count). The lowest BCUT2D eigenvalue weighted by Gasteiger charge is -2.10. The van der Waals surface area contributed by atoms with Gasteiger partial charge in [0.2, 0.25) is 0 Å². The highest BCUT2D eigenvalue weighted by atomic mass is 16.5. The minimum absolute atomic E-state index is 0.0287. The van der Waals surface area contributed by atoms with Crippen LogP contribution < -0.4 is 0 Å². The minimum Gasteiger partial charge on any atom is -0.476 e. The number of methoxy groups -OCH3 is 1. The van der Waals surface area contributed by atoms with E-state index >= 15 is 0 Å². The molecule has 0 radical (unpaired) electrons. The lowest BCUT2D eigenvalue weighted by Crippen LogP contribution is -2.12. The molecule has 1 aliphatic heterocycles. The molecule has 1 N–H and O–H groups in total. The minimum atomic E-state index is -1.07. The van der Waals surface area contributed by atoms with Crippen LogP contribution >= 0.6 is 0 Å². The number of carboxylic acid groups (broad SMARTS) is 1. The largest absolute Gasteiger partial charge is 0.476 e. The standard InChI is InChI=1S/C12H19N3O4/c1-18-8-10-11(12(16)17)13-14-15(10)6-2-4-9-5-3-7-19-9/h9H,2-8H2,1H3,(H,16,17). The van der Waals surface area contributed by atoms with E-state index in [1.807, 2.05) is 0 Å². The van der Waals surface area contributed by atoms with Crippen LogP contribution in [-0.4, -0.2) is 45.9 Å². The van der Waals surface area contributed by atoms with Crippen LogP contribution in [-0.2, 0) is 22.6 Å². The average molecular weight is 269 g/mol. The van der Waals surface area contributed by atoms with Crippen LogP contribution in [0.3, 0.4) is 0 Å². The van der Waals surface area contributed by atoms with E-state index in [9.17, 15) is 4.79 Å². The van der Waals surface area contributed by atoms with Gasteiger partial charge in [-0.15, -0.1) is 5.10 Å². The molecular formula is C12H19N3O4. The molecule has 1 aliphatic rings. The maximum atomic E-state index is 11.0. The molecule has 1 saturated heterocycles. The van der Waals surface area contributed by atoms with E-state index in [0.29, 0.717) is 18.3 Å². The molecule has 2 heterocycles. The Kier molecular flexibility index (Phi) is 4.86. The summed E-state index contributed by atoms with van der Waals surface area (Å²) in [7, 11) is 1.52. The number of aryl methyl sites for hydroxylation is 1. The molecule has 106 valence electrons. The van der Waals surface area contributed by atoms with Crippen LogP contribution in [0.1, 0.15) is 41.9 Å². The van der Waals surface area contributed by atoms with Crippen LogP contribution in [0.15, 0.2) is 0 Å². The molecule has 1 atom stereocenters. The summed E-state index contributed by atoms with van der Waals surface area (Å²) in [5, 5.41) is 16.6. The van der Waals surface area contributed by atoms with Crippen molar-refractivity contribution in [3.8, 4) is 0 Å². The highest BCUT2D eigenvalue weighted by molar-refractivity contribution is 5.86. The van der Waals surface area contributed by atoms with Crippen molar-refractivity contribution in [2.45, 2.75) is 44.9 Å². The zero-order chi connectivity index (χ0) is 13.7. The van der Waals surface area contributed by atoms with E-state index in [2.05, 4.69) is 10.3 Å². The molecule has 0 spiro atoms. The average Bonchev–Trinajstić information content (AvgIpc) is 3.00.